The molecule has 7 heteroatoms. The highest BCUT2D eigenvalue weighted by atomic mass is 32.2. The van der Waals surface area contributed by atoms with Crippen LogP contribution in [-0.4, -0.2) is 30.6 Å². The van der Waals surface area contributed by atoms with E-state index in [1.807, 2.05) is 0 Å². The normalized spacial score (nSPS) is 12.5. The Labute approximate surface area is 124 Å². The van der Waals surface area contributed by atoms with Gasteiger partial charge in [0, 0.05) is 18.0 Å². The summed E-state index contributed by atoms with van der Waals surface area (Å²) in [6, 6.07) is 7.26. The molecule has 2 aromatic heterocycles. The van der Waals surface area contributed by atoms with Gasteiger partial charge in [0.2, 0.25) is 5.16 Å². The van der Waals surface area contributed by atoms with Crippen molar-refractivity contribution in [1.29, 1.82) is 0 Å². The van der Waals surface area contributed by atoms with Crippen LogP contribution in [0.15, 0.2) is 47.9 Å². The van der Waals surface area contributed by atoms with E-state index in [4.69, 9.17) is 0 Å². The molecule has 5 nitrogen and oxygen atoms in total. The SMILES string of the molecule is C[C@@H](Sc1nc2ncccn2n1)C(=O)c1ccc(F)cc1. The molecule has 1 aromatic carbocycles. The second kappa shape index (κ2) is 5.61. The predicted molar refractivity (Wildman–Crippen MR) is 76.8 cm³/mol. The average Bonchev–Trinajstić information content (AvgIpc) is 2.89. The lowest BCUT2D eigenvalue weighted by Crippen LogP contribution is -2.13. The van der Waals surface area contributed by atoms with Crippen LogP contribution in [-0.2, 0) is 0 Å². The number of thioether (sulfide) groups is 1. The summed E-state index contributed by atoms with van der Waals surface area (Å²) in [4.78, 5) is 20.6. The van der Waals surface area contributed by atoms with Gasteiger partial charge in [-0.3, -0.25) is 4.79 Å². The third kappa shape index (κ3) is 2.92. The maximum absolute atomic E-state index is 12.9. The molecule has 0 saturated carbocycles. The Hall–Kier alpha value is -2.28. The molecule has 3 aromatic rings. The van der Waals surface area contributed by atoms with Gasteiger partial charge in [0.1, 0.15) is 5.82 Å². The molecule has 0 spiro atoms. The van der Waals surface area contributed by atoms with E-state index in [1.165, 1.54) is 36.0 Å². The Bertz CT molecular complexity index is 754. The Kier molecular flexibility index (Phi) is 3.66. The van der Waals surface area contributed by atoms with Gasteiger partial charge in [-0.05, 0) is 37.3 Å². The maximum Gasteiger partial charge on any atom is 0.253 e. The van der Waals surface area contributed by atoms with Gasteiger partial charge in [-0.1, -0.05) is 11.8 Å². The molecule has 0 amide bonds. The zero-order chi connectivity index (χ0) is 14.8. The molecule has 2 heterocycles. The Morgan fingerprint density at radius 1 is 1.33 bits per heavy atom. The average molecular weight is 302 g/mol. The van der Waals surface area contributed by atoms with Crippen LogP contribution in [0.1, 0.15) is 17.3 Å². The van der Waals surface area contributed by atoms with E-state index in [9.17, 15) is 9.18 Å². The molecular weight excluding hydrogens is 291 g/mol. The first-order chi connectivity index (χ1) is 10.1. The van der Waals surface area contributed by atoms with E-state index in [-0.39, 0.29) is 16.9 Å². The Balaban J connectivity index is 1.77. The Morgan fingerprint density at radius 2 is 2.10 bits per heavy atom. The lowest BCUT2D eigenvalue weighted by molar-refractivity contribution is 0.0994. The van der Waals surface area contributed by atoms with E-state index in [0.29, 0.717) is 16.5 Å². The highest BCUT2D eigenvalue weighted by Gasteiger charge is 2.19. The highest BCUT2D eigenvalue weighted by Crippen LogP contribution is 2.23. The van der Waals surface area contributed by atoms with Crippen molar-refractivity contribution in [2.75, 3.05) is 0 Å². The van der Waals surface area contributed by atoms with Gasteiger partial charge in [0.25, 0.3) is 5.78 Å². The number of benzene rings is 1. The quantitative estimate of drug-likeness (QED) is 0.547. The molecule has 0 aliphatic heterocycles. The van der Waals surface area contributed by atoms with Gasteiger partial charge in [0.15, 0.2) is 5.78 Å². The summed E-state index contributed by atoms with van der Waals surface area (Å²) in [5, 5.41) is 4.35. The summed E-state index contributed by atoms with van der Waals surface area (Å²) in [5.41, 5.74) is 0.471. The fourth-order valence-corrected chi connectivity index (χ4v) is 2.65. The minimum Gasteiger partial charge on any atom is -0.293 e. The molecule has 0 fully saturated rings. The fourth-order valence-electron chi connectivity index (χ4n) is 1.82. The number of hydrogen-bond acceptors (Lipinski definition) is 5. The van der Waals surface area contributed by atoms with Crippen molar-refractivity contribution in [3.05, 3.63) is 54.1 Å². The van der Waals surface area contributed by atoms with Crippen molar-refractivity contribution in [1.82, 2.24) is 19.6 Å². The van der Waals surface area contributed by atoms with Crippen molar-refractivity contribution in [3.63, 3.8) is 0 Å². The van der Waals surface area contributed by atoms with Gasteiger partial charge < -0.3 is 0 Å². The molecule has 1 atom stereocenters. The topological polar surface area (TPSA) is 60.1 Å². The van der Waals surface area contributed by atoms with Crippen molar-refractivity contribution < 1.29 is 9.18 Å². The summed E-state index contributed by atoms with van der Waals surface area (Å²) in [6.45, 7) is 1.77. The van der Waals surface area contributed by atoms with E-state index in [2.05, 4.69) is 15.1 Å². The molecule has 0 saturated heterocycles. The molecule has 21 heavy (non-hydrogen) atoms. The summed E-state index contributed by atoms with van der Waals surface area (Å²) in [7, 11) is 0. The zero-order valence-electron chi connectivity index (χ0n) is 11.1. The predicted octanol–water partition coefficient (Wildman–Crippen LogP) is 2.63. The van der Waals surface area contributed by atoms with Crippen LogP contribution in [0, 0.1) is 5.82 Å². The summed E-state index contributed by atoms with van der Waals surface area (Å²) in [5.74, 6) is 0.0354. The van der Waals surface area contributed by atoms with Gasteiger partial charge in [0.05, 0.1) is 5.25 Å². The van der Waals surface area contributed by atoms with Crippen molar-refractivity contribution in [3.8, 4) is 0 Å². The third-order valence-corrected chi connectivity index (χ3v) is 3.83. The number of aromatic nitrogens is 4. The first kappa shape index (κ1) is 13.7. The number of nitrogens with zero attached hydrogens (tertiary/aromatic N) is 4. The van der Waals surface area contributed by atoms with Crippen molar-refractivity contribution in [2.45, 2.75) is 17.3 Å². The molecule has 0 bridgehead atoms. The minimum absolute atomic E-state index is 0.0909. The van der Waals surface area contributed by atoms with Crippen LogP contribution in [0.2, 0.25) is 0 Å². The largest absolute Gasteiger partial charge is 0.293 e. The van der Waals surface area contributed by atoms with Crippen molar-refractivity contribution >= 4 is 23.3 Å². The van der Waals surface area contributed by atoms with Gasteiger partial charge in [-0.15, -0.1) is 5.10 Å². The number of ketones is 1. The van der Waals surface area contributed by atoms with Crippen LogP contribution in [0.4, 0.5) is 4.39 Å². The molecule has 0 N–H and O–H groups in total. The van der Waals surface area contributed by atoms with Gasteiger partial charge >= 0.3 is 0 Å². The first-order valence-corrected chi connectivity index (χ1v) is 7.15. The monoisotopic (exact) mass is 302 g/mol. The second-order valence-corrected chi connectivity index (χ2v) is 5.70. The van der Waals surface area contributed by atoms with E-state index in [0.717, 1.165) is 0 Å². The number of rotatable bonds is 4. The Morgan fingerprint density at radius 3 is 2.81 bits per heavy atom. The van der Waals surface area contributed by atoms with Crippen LogP contribution >= 0.6 is 11.8 Å². The van der Waals surface area contributed by atoms with Gasteiger partial charge in [-0.2, -0.15) is 4.98 Å². The zero-order valence-corrected chi connectivity index (χ0v) is 11.9. The molecule has 0 aliphatic rings. The third-order valence-electron chi connectivity index (χ3n) is 2.88. The molecular formula is C14H11FN4OS. The summed E-state index contributed by atoms with van der Waals surface area (Å²) < 4.78 is 14.4. The lowest BCUT2D eigenvalue weighted by Gasteiger charge is -2.07. The molecule has 106 valence electrons. The minimum atomic E-state index is -0.368. The van der Waals surface area contributed by atoms with Crippen LogP contribution < -0.4 is 0 Å². The summed E-state index contributed by atoms with van der Waals surface area (Å²) >= 11 is 1.25. The smallest absolute Gasteiger partial charge is 0.253 e. The maximum atomic E-state index is 12.9. The molecule has 0 aliphatic carbocycles. The van der Waals surface area contributed by atoms with Crippen LogP contribution in [0.3, 0.4) is 0 Å². The number of Topliss-reactive ketones (excluding diaryl/α,β-unsaturated/α-hetero) is 1. The van der Waals surface area contributed by atoms with Crippen LogP contribution in [0.25, 0.3) is 5.78 Å². The number of hydrogen-bond donors (Lipinski definition) is 0. The summed E-state index contributed by atoms with van der Waals surface area (Å²) in [6.07, 6.45) is 3.37. The first-order valence-electron chi connectivity index (χ1n) is 6.27. The number of carbonyl (C=O) groups is 1. The number of halogens is 1. The van der Waals surface area contributed by atoms with E-state index in [1.54, 1.807) is 29.9 Å². The number of fused-ring (bicyclic) bond motifs is 1. The standard InChI is InChI=1S/C14H11FN4OS/c1-9(12(20)10-3-5-11(15)6-4-10)21-14-17-13-16-7-2-8-19(13)18-14/h2-9H,1H3/t9-/m1/s1. The lowest BCUT2D eigenvalue weighted by atomic mass is 10.1. The van der Waals surface area contributed by atoms with Gasteiger partial charge in [-0.25, -0.2) is 13.9 Å². The highest BCUT2D eigenvalue weighted by molar-refractivity contribution is 8.00. The molecule has 0 radical (unpaired) electrons. The molecule has 3 rings (SSSR count). The van der Waals surface area contributed by atoms with Crippen molar-refractivity contribution in [2.24, 2.45) is 0 Å². The molecule has 0 unspecified atom stereocenters. The fraction of sp³-hybridized carbons (Fsp3) is 0.143. The van der Waals surface area contributed by atoms with E-state index < -0.39 is 0 Å². The number of carbonyl (C=O) groups excluding carboxylic acids is 1. The van der Waals surface area contributed by atoms with Crippen LogP contribution in [0.5, 0.6) is 0 Å². The van der Waals surface area contributed by atoms with E-state index >= 15 is 0 Å². The second-order valence-electron chi connectivity index (χ2n) is 4.39.